The number of hydrogen-bond donors (Lipinski definition) is 2. The number of aromatic nitrogens is 3. The topological polar surface area (TPSA) is 56.8 Å². The summed E-state index contributed by atoms with van der Waals surface area (Å²) >= 11 is 0. The first-order chi connectivity index (χ1) is 9.33. The molecular formula is C14H19N5. The number of nitrogens with zero attached hydrogens (tertiary/aromatic N) is 3. The Bertz CT molecular complexity index is 580. The van der Waals surface area contributed by atoms with E-state index in [2.05, 4.69) is 38.3 Å². The minimum absolute atomic E-state index is 0.616. The molecule has 0 bridgehead atoms. The maximum absolute atomic E-state index is 4.50. The first-order valence-electron chi connectivity index (χ1n) is 7.04. The largest absolute Gasteiger partial charge is 0.356 e. The average molecular weight is 257 g/mol. The number of hydrogen-bond acceptors (Lipinski definition) is 4. The van der Waals surface area contributed by atoms with Crippen molar-refractivity contribution >= 4 is 16.9 Å². The number of H-pyrrole nitrogens is 1. The molecule has 0 radical (unpaired) electrons. The van der Waals surface area contributed by atoms with Gasteiger partial charge in [-0.2, -0.15) is 0 Å². The molecule has 2 fully saturated rings. The van der Waals surface area contributed by atoms with Crippen LogP contribution in [0.3, 0.4) is 0 Å². The van der Waals surface area contributed by atoms with Crippen LogP contribution in [-0.2, 0) is 0 Å². The summed E-state index contributed by atoms with van der Waals surface area (Å²) in [4.78, 5) is 14.3. The van der Waals surface area contributed by atoms with Gasteiger partial charge >= 0.3 is 0 Å². The Morgan fingerprint density at radius 1 is 1.21 bits per heavy atom. The molecular weight excluding hydrogens is 238 g/mol. The van der Waals surface area contributed by atoms with E-state index < -0.39 is 0 Å². The van der Waals surface area contributed by atoms with E-state index in [0.29, 0.717) is 6.04 Å². The lowest BCUT2D eigenvalue weighted by Crippen LogP contribution is -2.31. The van der Waals surface area contributed by atoms with Gasteiger partial charge in [0.05, 0.1) is 5.39 Å². The lowest BCUT2D eigenvalue weighted by molar-refractivity contribution is 0.494. The van der Waals surface area contributed by atoms with Gasteiger partial charge in [0.2, 0.25) is 0 Å². The Balaban J connectivity index is 1.63. The van der Waals surface area contributed by atoms with E-state index in [9.17, 15) is 0 Å². The predicted octanol–water partition coefficient (Wildman–Crippen LogP) is 1.39. The first-order valence-corrected chi connectivity index (χ1v) is 7.04. The van der Waals surface area contributed by atoms with E-state index in [-0.39, 0.29) is 0 Å². The molecule has 2 aromatic rings. The fourth-order valence-corrected chi connectivity index (χ4v) is 3.76. The standard InChI is InChI=1S/C14H19N5/c1-19(11-4-9-6-15-7-10(9)5-11)14-12-2-3-16-13(12)17-8-18-14/h2-3,8-11,15H,4-7H2,1H3,(H,16,17,18)/t9-,10?,11?/m1/s1. The minimum Gasteiger partial charge on any atom is -0.356 e. The van der Waals surface area contributed by atoms with Crippen LogP contribution in [0.15, 0.2) is 18.6 Å². The highest BCUT2D eigenvalue weighted by Gasteiger charge is 2.39. The van der Waals surface area contributed by atoms with Gasteiger partial charge in [0.15, 0.2) is 0 Å². The summed E-state index contributed by atoms with van der Waals surface area (Å²) in [5.74, 6) is 2.77. The summed E-state index contributed by atoms with van der Waals surface area (Å²) in [5.41, 5.74) is 0.928. The van der Waals surface area contributed by atoms with Gasteiger partial charge in [0, 0.05) is 19.3 Å². The van der Waals surface area contributed by atoms with Crippen molar-refractivity contribution in [2.45, 2.75) is 18.9 Å². The van der Waals surface area contributed by atoms with E-state index in [1.54, 1.807) is 6.33 Å². The Morgan fingerprint density at radius 2 is 2.00 bits per heavy atom. The van der Waals surface area contributed by atoms with Crippen LogP contribution in [0.5, 0.6) is 0 Å². The monoisotopic (exact) mass is 257 g/mol. The van der Waals surface area contributed by atoms with Crippen LogP contribution in [-0.4, -0.2) is 41.1 Å². The zero-order valence-electron chi connectivity index (χ0n) is 11.1. The van der Waals surface area contributed by atoms with E-state index in [1.807, 2.05) is 6.20 Å². The Kier molecular flexibility index (Phi) is 2.48. The SMILES string of the molecule is CN(c1ncnc2[nH]ccc12)C1CC2CNC[C@H]2C1. The number of anilines is 1. The maximum Gasteiger partial charge on any atom is 0.142 e. The van der Waals surface area contributed by atoms with Crippen molar-refractivity contribution in [2.24, 2.45) is 11.8 Å². The van der Waals surface area contributed by atoms with Gasteiger partial charge in [-0.05, 0) is 43.8 Å². The molecule has 100 valence electrons. The minimum atomic E-state index is 0.616. The average Bonchev–Trinajstić information content (AvgIpc) is 3.11. The van der Waals surface area contributed by atoms with Crippen molar-refractivity contribution in [3.63, 3.8) is 0 Å². The van der Waals surface area contributed by atoms with E-state index >= 15 is 0 Å². The zero-order valence-corrected chi connectivity index (χ0v) is 11.1. The van der Waals surface area contributed by atoms with Crippen molar-refractivity contribution in [3.05, 3.63) is 18.6 Å². The van der Waals surface area contributed by atoms with Gasteiger partial charge in [0.25, 0.3) is 0 Å². The molecule has 0 aromatic carbocycles. The summed E-state index contributed by atoms with van der Waals surface area (Å²) < 4.78 is 0. The third-order valence-corrected chi connectivity index (χ3v) is 4.84. The second kappa shape index (κ2) is 4.20. The molecule has 19 heavy (non-hydrogen) atoms. The zero-order chi connectivity index (χ0) is 12.8. The molecule has 3 atom stereocenters. The molecule has 2 aliphatic rings. The summed E-state index contributed by atoms with van der Waals surface area (Å²) in [6, 6.07) is 2.68. The molecule has 0 spiro atoms. The van der Waals surface area contributed by atoms with Gasteiger partial charge in [-0.3, -0.25) is 0 Å². The van der Waals surface area contributed by atoms with E-state index in [0.717, 1.165) is 28.7 Å². The van der Waals surface area contributed by atoms with Crippen LogP contribution in [0.2, 0.25) is 0 Å². The van der Waals surface area contributed by atoms with Crippen LogP contribution in [0.1, 0.15) is 12.8 Å². The highest BCUT2D eigenvalue weighted by Crippen LogP contribution is 2.38. The first kappa shape index (κ1) is 11.2. The number of rotatable bonds is 2. The van der Waals surface area contributed by atoms with Crippen LogP contribution < -0.4 is 10.2 Å². The molecule has 4 rings (SSSR count). The van der Waals surface area contributed by atoms with Gasteiger partial charge in [-0.25, -0.2) is 9.97 Å². The van der Waals surface area contributed by atoms with Crippen molar-refractivity contribution in [2.75, 3.05) is 25.0 Å². The molecule has 3 heterocycles. The van der Waals surface area contributed by atoms with Crippen LogP contribution in [0.4, 0.5) is 5.82 Å². The van der Waals surface area contributed by atoms with Gasteiger partial charge in [-0.15, -0.1) is 0 Å². The second-order valence-corrected chi connectivity index (χ2v) is 5.85. The summed E-state index contributed by atoms with van der Waals surface area (Å²) in [6.45, 7) is 2.39. The smallest absolute Gasteiger partial charge is 0.142 e. The number of aromatic amines is 1. The molecule has 1 aliphatic carbocycles. The number of nitrogens with one attached hydrogen (secondary N) is 2. The lowest BCUT2D eigenvalue weighted by Gasteiger charge is -2.26. The molecule has 1 aliphatic heterocycles. The van der Waals surface area contributed by atoms with Gasteiger partial charge < -0.3 is 15.2 Å². The van der Waals surface area contributed by atoms with Crippen molar-refractivity contribution in [3.8, 4) is 0 Å². The van der Waals surface area contributed by atoms with Gasteiger partial charge in [-0.1, -0.05) is 0 Å². The third-order valence-electron chi connectivity index (χ3n) is 4.84. The highest BCUT2D eigenvalue weighted by molar-refractivity contribution is 5.87. The Labute approximate surface area is 112 Å². The second-order valence-electron chi connectivity index (χ2n) is 5.85. The van der Waals surface area contributed by atoms with Crippen molar-refractivity contribution in [1.29, 1.82) is 0 Å². The van der Waals surface area contributed by atoms with E-state index in [1.165, 1.54) is 25.9 Å². The maximum atomic E-state index is 4.50. The predicted molar refractivity (Wildman–Crippen MR) is 75.2 cm³/mol. The molecule has 2 N–H and O–H groups in total. The van der Waals surface area contributed by atoms with Crippen LogP contribution >= 0.6 is 0 Å². The molecule has 2 aromatic heterocycles. The molecule has 1 saturated carbocycles. The Hall–Kier alpha value is -1.62. The van der Waals surface area contributed by atoms with Crippen LogP contribution in [0, 0.1) is 11.8 Å². The molecule has 5 nitrogen and oxygen atoms in total. The highest BCUT2D eigenvalue weighted by atomic mass is 15.2. The Morgan fingerprint density at radius 3 is 2.79 bits per heavy atom. The fourth-order valence-electron chi connectivity index (χ4n) is 3.76. The molecule has 5 heteroatoms. The molecule has 1 saturated heterocycles. The summed E-state index contributed by atoms with van der Waals surface area (Å²) in [6.07, 6.45) is 6.15. The normalized spacial score (nSPS) is 29.8. The lowest BCUT2D eigenvalue weighted by atomic mass is 10.0. The summed E-state index contributed by atoms with van der Waals surface area (Å²) in [5, 5.41) is 4.63. The van der Waals surface area contributed by atoms with Crippen molar-refractivity contribution in [1.82, 2.24) is 20.3 Å². The number of fused-ring (bicyclic) bond motifs is 2. The third kappa shape index (κ3) is 1.72. The quantitative estimate of drug-likeness (QED) is 0.853. The van der Waals surface area contributed by atoms with Crippen LogP contribution in [0.25, 0.3) is 11.0 Å². The molecule has 0 amide bonds. The fraction of sp³-hybridized carbons (Fsp3) is 0.571. The molecule has 2 unspecified atom stereocenters. The van der Waals surface area contributed by atoms with Crippen molar-refractivity contribution < 1.29 is 0 Å². The van der Waals surface area contributed by atoms with Gasteiger partial charge in [0.1, 0.15) is 17.8 Å². The van der Waals surface area contributed by atoms with E-state index in [4.69, 9.17) is 0 Å². The summed E-state index contributed by atoms with van der Waals surface area (Å²) in [7, 11) is 2.17.